The van der Waals surface area contributed by atoms with Crippen LogP contribution in [0.5, 0.6) is 0 Å². The summed E-state index contributed by atoms with van der Waals surface area (Å²) < 4.78 is 0. The van der Waals surface area contributed by atoms with Crippen molar-refractivity contribution in [1.82, 2.24) is 15.2 Å². The Morgan fingerprint density at radius 2 is 2.40 bits per heavy atom. The maximum atomic E-state index is 11.6. The molecule has 80 valence electrons. The molecule has 1 saturated heterocycles. The molecule has 1 fully saturated rings. The van der Waals surface area contributed by atoms with E-state index in [-0.39, 0.29) is 12.1 Å². The lowest BCUT2D eigenvalue weighted by Gasteiger charge is -2.32. The van der Waals surface area contributed by atoms with Crippen molar-refractivity contribution in [3.63, 3.8) is 0 Å². The molecule has 2 heterocycles. The number of pyridine rings is 1. The molecule has 15 heavy (non-hydrogen) atoms. The lowest BCUT2D eigenvalue weighted by molar-refractivity contribution is 0.165. The van der Waals surface area contributed by atoms with Crippen molar-refractivity contribution in [2.75, 3.05) is 13.1 Å². The van der Waals surface area contributed by atoms with Crippen LogP contribution in [0, 0.1) is 0 Å². The molecule has 1 aliphatic rings. The predicted molar refractivity (Wildman–Crippen MR) is 57.4 cm³/mol. The summed E-state index contributed by atoms with van der Waals surface area (Å²) in [6, 6.07) is 5.84. The average Bonchev–Trinajstić information content (AvgIpc) is 2.30. The highest BCUT2D eigenvalue weighted by atomic mass is 16.2. The molecule has 0 aliphatic carbocycles. The Balaban J connectivity index is 2.13. The second-order valence-corrected chi connectivity index (χ2v) is 3.71. The number of urea groups is 1. The first-order valence-corrected chi connectivity index (χ1v) is 5.24. The molecule has 1 aliphatic heterocycles. The number of nitrogens with one attached hydrogen (secondary N) is 1. The van der Waals surface area contributed by atoms with E-state index >= 15 is 0 Å². The molecule has 2 amide bonds. The van der Waals surface area contributed by atoms with Crippen LogP contribution in [0.1, 0.15) is 25.1 Å². The Labute approximate surface area is 89.3 Å². The summed E-state index contributed by atoms with van der Waals surface area (Å²) in [5, 5.41) is 2.84. The fourth-order valence-corrected chi connectivity index (χ4v) is 1.80. The van der Waals surface area contributed by atoms with E-state index in [0.717, 1.165) is 25.2 Å². The van der Waals surface area contributed by atoms with E-state index in [1.165, 1.54) is 0 Å². The molecule has 1 N–H and O–H groups in total. The van der Waals surface area contributed by atoms with Gasteiger partial charge in [0.25, 0.3) is 0 Å². The highest BCUT2D eigenvalue weighted by Crippen LogP contribution is 2.19. The van der Waals surface area contributed by atoms with E-state index in [1.54, 1.807) is 6.20 Å². The third kappa shape index (κ3) is 2.09. The zero-order chi connectivity index (χ0) is 10.7. The minimum Gasteiger partial charge on any atom is -0.338 e. The van der Waals surface area contributed by atoms with Gasteiger partial charge in [0.1, 0.15) is 0 Å². The van der Waals surface area contributed by atoms with Crippen molar-refractivity contribution in [2.45, 2.75) is 19.4 Å². The summed E-state index contributed by atoms with van der Waals surface area (Å²) in [6.07, 6.45) is 2.76. The van der Waals surface area contributed by atoms with E-state index < -0.39 is 0 Å². The molecule has 1 aromatic rings. The third-order valence-electron chi connectivity index (χ3n) is 2.70. The predicted octanol–water partition coefficient (Wildman–Crippen LogP) is 1.56. The van der Waals surface area contributed by atoms with Gasteiger partial charge in [0.05, 0.1) is 11.7 Å². The number of amides is 2. The standard InChI is InChI=1S/C11H15N3O/c1-9(10-5-2-3-6-12-10)14-8-4-7-13-11(14)15/h2-3,5-6,9H,4,7-8H2,1H3,(H,13,15). The van der Waals surface area contributed by atoms with Crippen molar-refractivity contribution in [3.8, 4) is 0 Å². The van der Waals surface area contributed by atoms with Crippen LogP contribution in [0.15, 0.2) is 24.4 Å². The second-order valence-electron chi connectivity index (χ2n) is 3.71. The lowest BCUT2D eigenvalue weighted by Crippen LogP contribution is -2.47. The SMILES string of the molecule is CC(c1ccccn1)N1CCCNC1=O. The second kappa shape index (κ2) is 4.29. The van der Waals surface area contributed by atoms with Crippen molar-refractivity contribution in [2.24, 2.45) is 0 Å². The molecule has 0 aromatic carbocycles. The van der Waals surface area contributed by atoms with E-state index in [0.29, 0.717) is 0 Å². The number of nitrogens with zero attached hydrogens (tertiary/aromatic N) is 2. The van der Waals surface area contributed by atoms with Crippen LogP contribution in [0.4, 0.5) is 4.79 Å². The fourth-order valence-electron chi connectivity index (χ4n) is 1.80. The average molecular weight is 205 g/mol. The highest BCUT2D eigenvalue weighted by molar-refractivity contribution is 5.75. The van der Waals surface area contributed by atoms with Gasteiger partial charge in [-0.25, -0.2) is 4.79 Å². The van der Waals surface area contributed by atoms with E-state index in [9.17, 15) is 4.79 Å². The number of rotatable bonds is 2. The molecule has 4 nitrogen and oxygen atoms in total. The maximum absolute atomic E-state index is 11.6. The summed E-state index contributed by atoms with van der Waals surface area (Å²) in [5.41, 5.74) is 0.939. The number of aromatic nitrogens is 1. The molecule has 0 saturated carbocycles. The van der Waals surface area contributed by atoms with Gasteiger partial charge in [-0.1, -0.05) is 6.07 Å². The first-order valence-electron chi connectivity index (χ1n) is 5.24. The van der Waals surface area contributed by atoms with Crippen LogP contribution in [0.2, 0.25) is 0 Å². The minimum absolute atomic E-state index is 0.0133. The van der Waals surface area contributed by atoms with Gasteiger partial charge in [0, 0.05) is 19.3 Å². The van der Waals surface area contributed by atoms with Gasteiger partial charge >= 0.3 is 6.03 Å². The van der Waals surface area contributed by atoms with E-state index in [4.69, 9.17) is 0 Å². The number of hydrogen-bond acceptors (Lipinski definition) is 2. The molecular formula is C11H15N3O. The summed E-state index contributed by atoms with van der Waals surface area (Å²) in [7, 11) is 0. The third-order valence-corrected chi connectivity index (χ3v) is 2.70. The Kier molecular flexibility index (Phi) is 2.85. The van der Waals surface area contributed by atoms with E-state index in [1.807, 2.05) is 30.0 Å². The first kappa shape index (κ1) is 9.96. The minimum atomic E-state index is 0.0133. The number of carbonyl (C=O) groups excluding carboxylic acids is 1. The summed E-state index contributed by atoms with van der Waals surface area (Å²) >= 11 is 0. The first-order chi connectivity index (χ1) is 7.29. The Morgan fingerprint density at radius 1 is 1.53 bits per heavy atom. The number of carbonyl (C=O) groups is 1. The van der Waals surface area contributed by atoms with Gasteiger partial charge in [-0.2, -0.15) is 0 Å². The van der Waals surface area contributed by atoms with Crippen LogP contribution in [-0.4, -0.2) is 29.0 Å². The highest BCUT2D eigenvalue weighted by Gasteiger charge is 2.24. The van der Waals surface area contributed by atoms with Crippen molar-refractivity contribution >= 4 is 6.03 Å². The van der Waals surface area contributed by atoms with Gasteiger partial charge in [-0.15, -0.1) is 0 Å². The molecular weight excluding hydrogens is 190 g/mol. The zero-order valence-electron chi connectivity index (χ0n) is 8.81. The quantitative estimate of drug-likeness (QED) is 0.796. The molecule has 2 rings (SSSR count). The Bertz CT molecular complexity index is 339. The summed E-state index contributed by atoms with van der Waals surface area (Å²) in [5.74, 6) is 0. The molecule has 1 unspecified atom stereocenters. The Hall–Kier alpha value is -1.58. The Morgan fingerprint density at radius 3 is 3.07 bits per heavy atom. The monoisotopic (exact) mass is 205 g/mol. The lowest BCUT2D eigenvalue weighted by atomic mass is 10.1. The van der Waals surface area contributed by atoms with Crippen molar-refractivity contribution in [1.29, 1.82) is 0 Å². The topological polar surface area (TPSA) is 45.2 Å². The molecule has 1 aromatic heterocycles. The molecule has 0 spiro atoms. The van der Waals surface area contributed by atoms with Crippen molar-refractivity contribution in [3.05, 3.63) is 30.1 Å². The summed E-state index contributed by atoms with van der Waals surface area (Å²) in [4.78, 5) is 17.7. The normalized spacial score (nSPS) is 18.5. The van der Waals surface area contributed by atoms with Crippen molar-refractivity contribution < 1.29 is 4.79 Å². The summed E-state index contributed by atoms with van der Waals surface area (Å²) in [6.45, 7) is 3.60. The van der Waals surface area contributed by atoms with E-state index in [2.05, 4.69) is 10.3 Å². The van der Waals surface area contributed by atoms with Crippen LogP contribution in [0.3, 0.4) is 0 Å². The molecule has 0 bridgehead atoms. The maximum Gasteiger partial charge on any atom is 0.317 e. The van der Waals surface area contributed by atoms with Gasteiger partial charge in [-0.3, -0.25) is 4.98 Å². The van der Waals surface area contributed by atoms with Crippen LogP contribution < -0.4 is 5.32 Å². The molecule has 0 radical (unpaired) electrons. The largest absolute Gasteiger partial charge is 0.338 e. The molecule has 4 heteroatoms. The van der Waals surface area contributed by atoms with Crippen LogP contribution in [-0.2, 0) is 0 Å². The van der Waals surface area contributed by atoms with Gasteiger partial charge in [-0.05, 0) is 25.5 Å². The van der Waals surface area contributed by atoms with Crippen LogP contribution >= 0.6 is 0 Å². The molecule has 1 atom stereocenters. The zero-order valence-corrected chi connectivity index (χ0v) is 8.81. The van der Waals surface area contributed by atoms with Crippen LogP contribution in [0.25, 0.3) is 0 Å². The fraction of sp³-hybridized carbons (Fsp3) is 0.455. The van der Waals surface area contributed by atoms with Gasteiger partial charge in [0.15, 0.2) is 0 Å². The number of hydrogen-bond donors (Lipinski definition) is 1. The van der Waals surface area contributed by atoms with Gasteiger partial charge < -0.3 is 10.2 Å². The smallest absolute Gasteiger partial charge is 0.317 e. The van der Waals surface area contributed by atoms with Gasteiger partial charge in [0.2, 0.25) is 0 Å².